The zero-order valence-corrected chi connectivity index (χ0v) is 71.4. The van der Waals surface area contributed by atoms with E-state index in [1.54, 1.807) is 99.1 Å². The molecule has 27 nitrogen and oxygen atoms in total. The number of phenols is 10. The van der Waals surface area contributed by atoms with E-state index in [1.807, 2.05) is 125 Å². The van der Waals surface area contributed by atoms with Crippen molar-refractivity contribution >= 4 is 0 Å². The molecule has 0 atom stereocenters. The van der Waals surface area contributed by atoms with E-state index in [0.717, 1.165) is 18.2 Å². The highest BCUT2D eigenvalue weighted by molar-refractivity contribution is 5.79. The molecule has 0 radical (unpaired) electrons. The van der Waals surface area contributed by atoms with Crippen molar-refractivity contribution in [2.24, 2.45) is 0 Å². The number of rotatable bonds is 17. The third-order valence-electron chi connectivity index (χ3n) is 14.7. The molecule has 0 bridgehead atoms. The van der Waals surface area contributed by atoms with Crippen LogP contribution >= 0.6 is 0 Å². The summed E-state index contributed by atoms with van der Waals surface area (Å²) in [6.07, 6.45) is 0. The molecule has 624 valence electrons. The number of benzene rings is 9. The summed E-state index contributed by atoms with van der Waals surface area (Å²) < 4.78 is 42.3. The molecule has 0 spiro atoms. The summed E-state index contributed by atoms with van der Waals surface area (Å²) in [7, 11) is 12.2. The zero-order chi connectivity index (χ0) is 87.9. The van der Waals surface area contributed by atoms with Gasteiger partial charge in [0, 0.05) is 54.6 Å². The van der Waals surface area contributed by atoms with Gasteiger partial charge in [0.2, 0.25) is 0 Å². The van der Waals surface area contributed by atoms with Crippen molar-refractivity contribution in [3.8, 4) is 206 Å². The van der Waals surface area contributed by atoms with Gasteiger partial charge >= 0.3 is 0 Å². The van der Waals surface area contributed by atoms with Gasteiger partial charge in [-0.2, -0.15) is 0 Å². The minimum Gasteiger partial charge on any atom is -0.508 e. The summed E-state index contributed by atoms with van der Waals surface area (Å²) >= 11 is 0. The predicted octanol–water partition coefficient (Wildman–Crippen LogP) is 21.0. The van der Waals surface area contributed by atoms with Crippen LogP contribution in [0.25, 0.3) is 102 Å². The SMILES string of the molecule is CC.CC.CC.CC.CC.CC.CC.CC.CC.COc1ccc(-c2nc(-c3ccc(OC)cc3O)nc(-c3ccc(OC)cc3OC)n2)c(O)c1.COc1ccc(-c2nc(-c3ccc(OC)cc3O)nc(-c3ccc(OC)cc3OC)n2)c(O)c1.Oc1ccc(-c2nc(-c3ccc(O)cc3O)nc(-c3ccc(O)cc3O)n2)c(O)c1. The molecule has 0 aliphatic heterocycles. The summed E-state index contributed by atoms with van der Waals surface area (Å²) in [6, 6.07) is 41.3. The molecule has 0 saturated heterocycles. The Bertz CT molecular complexity index is 4420. The molecule has 12 aromatic rings. The second-order valence-electron chi connectivity index (χ2n) is 20.7. The molecule has 10 N–H and O–H groups in total. The van der Waals surface area contributed by atoms with E-state index < -0.39 is 0 Å². The number of aromatic nitrogens is 9. The van der Waals surface area contributed by atoms with Crippen LogP contribution in [0.4, 0.5) is 0 Å². The lowest BCUT2D eigenvalue weighted by Crippen LogP contribution is -2.02. The standard InChI is InChI=1S/2C25H23N3O6.C21H15N3O6.9C2H6/c2*1-31-14-5-8-17(20(29)11-14)23-26-24(18-9-6-15(32-2)12-21(18)30)28-25(27-23)19-10-7-16(33-3)13-22(19)34-4;25-10-1-4-13(16(28)7-10)19-22-20(14-5-2-11(26)8-17(14)29)24-21(23-19)15-6-3-12(27)9-18(15)30;9*1-2/h2*5-13,29-30H,1-4H3;1-9,25-30H;9*1-2H3. The van der Waals surface area contributed by atoms with Gasteiger partial charge in [0.15, 0.2) is 52.4 Å². The number of ether oxygens (including phenoxy) is 8. The van der Waals surface area contributed by atoms with Gasteiger partial charge in [0.25, 0.3) is 0 Å². The largest absolute Gasteiger partial charge is 0.508 e. The van der Waals surface area contributed by atoms with Crippen LogP contribution in [0.15, 0.2) is 164 Å². The van der Waals surface area contributed by atoms with Crippen molar-refractivity contribution < 1.29 is 89.0 Å². The van der Waals surface area contributed by atoms with Crippen LogP contribution in [0.1, 0.15) is 125 Å². The maximum absolute atomic E-state index is 10.6. The summed E-state index contributed by atoms with van der Waals surface area (Å²) in [4.78, 5) is 40.3. The van der Waals surface area contributed by atoms with E-state index in [1.165, 1.54) is 103 Å². The lowest BCUT2D eigenvalue weighted by Gasteiger charge is -2.13. The number of hydrogen-bond acceptors (Lipinski definition) is 27. The van der Waals surface area contributed by atoms with Gasteiger partial charge in [-0.05, 0) is 109 Å². The van der Waals surface area contributed by atoms with Crippen LogP contribution in [-0.4, -0.2) is 153 Å². The molecule has 0 amide bonds. The molecule has 116 heavy (non-hydrogen) atoms. The summed E-state index contributed by atoms with van der Waals surface area (Å²) in [5.41, 5.74) is 3.15. The fourth-order valence-electron chi connectivity index (χ4n) is 9.62. The van der Waals surface area contributed by atoms with Crippen molar-refractivity contribution in [1.29, 1.82) is 0 Å². The Morgan fingerprint density at radius 2 is 0.302 bits per heavy atom. The fourth-order valence-corrected chi connectivity index (χ4v) is 9.62. The number of phenolic OH excluding ortho intramolecular Hbond substituents is 10. The van der Waals surface area contributed by atoms with E-state index in [0.29, 0.717) is 79.4 Å². The number of nitrogens with zero attached hydrogens (tertiary/aromatic N) is 9. The van der Waals surface area contributed by atoms with Crippen LogP contribution in [0, 0.1) is 0 Å². The number of hydrogen-bond donors (Lipinski definition) is 10. The lowest BCUT2D eigenvalue weighted by atomic mass is 10.1. The first-order chi connectivity index (χ1) is 56.2. The molecule has 12 rings (SSSR count). The van der Waals surface area contributed by atoms with E-state index in [4.69, 9.17) is 37.9 Å². The van der Waals surface area contributed by atoms with Gasteiger partial charge in [0.05, 0.1) is 107 Å². The van der Waals surface area contributed by atoms with Crippen molar-refractivity contribution in [1.82, 2.24) is 44.9 Å². The summed E-state index contributed by atoms with van der Waals surface area (Å²) in [6.45, 7) is 36.0. The van der Waals surface area contributed by atoms with Gasteiger partial charge in [-0.1, -0.05) is 125 Å². The maximum atomic E-state index is 10.6. The van der Waals surface area contributed by atoms with Gasteiger partial charge < -0.3 is 89.0 Å². The number of methoxy groups -OCH3 is 8. The van der Waals surface area contributed by atoms with Gasteiger partial charge in [-0.25, -0.2) is 44.9 Å². The molecule has 0 fully saturated rings. The summed E-state index contributed by atoms with van der Waals surface area (Å²) in [5.74, 6) is 3.93. The Morgan fingerprint density at radius 3 is 0.448 bits per heavy atom. The highest BCUT2D eigenvalue weighted by Gasteiger charge is 2.24. The highest BCUT2D eigenvalue weighted by atomic mass is 16.5. The van der Waals surface area contributed by atoms with Crippen LogP contribution in [0.5, 0.6) is 103 Å². The van der Waals surface area contributed by atoms with E-state index in [2.05, 4.69) is 44.9 Å². The molecule has 3 heterocycles. The molecule has 3 aromatic heterocycles. The first kappa shape index (κ1) is 100. The topological polar surface area (TPSA) is 392 Å². The molecule has 9 aromatic carbocycles. The van der Waals surface area contributed by atoms with Crippen molar-refractivity contribution in [3.05, 3.63) is 164 Å². The van der Waals surface area contributed by atoms with Gasteiger partial charge in [-0.3, -0.25) is 0 Å². The smallest absolute Gasteiger partial charge is 0.167 e. The Balaban J connectivity index is 0.000000792. The maximum Gasteiger partial charge on any atom is 0.167 e. The van der Waals surface area contributed by atoms with Gasteiger partial charge in [-0.15, -0.1) is 0 Å². The van der Waals surface area contributed by atoms with E-state index in [9.17, 15) is 51.1 Å². The minimum absolute atomic E-state index is 0.00690. The summed E-state index contributed by atoms with van der Waals surface area (Å²) in [5, 5.41) is 102. The van der Waals surface area contributed by atoms with Crippen molar-refractivity contribution in [3.63, 3.8) is 0 Å². The third-order valence-corrected chi connectivity index (χ3v) is 14.7. The Kier molecular flexibility index (Phi) is 46.2. The van der Waals surface area contributed by atoms with Crippen LogP contribution in [0.3, 0.4) is 0 Å². The highest BCUT2D eigenvalue weighted by Crippen LogP contribution is 2.43. The zero-order valence-electron chi connectivity index (χ0n) is 71.4. The molecule has 0 unspecified atom stereocenters. The lowest BCUT2D eigenvalue weighted by molar-refractivity contribution is 0.395. The molecule has 0 aliphatic rings. The average Bonchev–Trinajstić information content (AvgIpc) is 0.792. The third kappa shape index (κ3) is 27.1. The van der Waals surface area contributed by atoms with Crippen molar-refractivity contribution in [2.45, 2.75) is 125 Å². The molecular formula is C89H115N9O18. The van der Waals surface area contributed by atoms with E-state index >= 15 is 0 Å². The van der Waals surface area contributed by atoms with Crippen LogP contribution in [0.2, 0.25) is 0 Å². The molecule has 0 saturated carbocycles. The molecular weight excluding hydrogens is 1480 g/mol. The van der Waals surface area contributed by atoms with Crippen LogP contribution < -0.4 is 37.9 Å². The molecule has 0 aliphatic carbocycles. The van der Waals surface area contributed by atoms with Crippen molar-refractivity contribution in [2.75, 3.05) is 56.9 Å². The molecule has 27 heteroatoms. The normalized spacial score (nSPS) is 9.47. The Labute approximate surface area is 681 Å². The van der Waals surface area contributed by atoms with Crippen LogP contribution in [-0.2, 0) is 0 Å². The first-order valence-electron chi connectivity index (χ1n) is 38.1. The number of aromatic hydroxyl groups is 10. The second kappa shape index (κ2) is 53.4. The fraction of sp³-hybridized carbons (Fsp3) is 0.292. The Morgan fingerprint density at radius 1 is 0.164 bits per heavy atom. The quantitative estimate of drug-likeness (QED) is 0.0405. The predicted molar refractivity (Wildman–Crippen MR) is 460 cm³/mol. The first-order valence-corrected chi connectivity index (χ1v) is 38.1. The minimum atomic E-state index is -0.289. The second-order valence-corrected chi connectivity index (χ2v) is 20.7. The average molecular weight is 1600 g/mol. The van der Waals surface area contributed by atoms with Gasteiger partial charge in [0.1, 0.15) is 103 Å². The monoisotopic (exact) mass is 1600 g/mol. The van der Waals surface area contributed by atoms with E-state index in [-0.39, 0.29) is 127 Å². The Hall–Kier alpha value is -13.6.